The molecule has 1 aromatic heterocycles. The topological polar surface area (TPSA) is 116 Å². The van der Waals surface area contributed by atoms with Gasteiger partial charge in [0.2, 0.25) is 0 Å². The quantitative estimate of drug-likeness (QED) is 0.345. The summed E-state index contributed by atoms with van der Waals surface area (Å²) in [4.78, 5) is 4.22. The molecule has 0 saturated heterocycles. The van der Waals surface area contributed by atoms with E-state index in [1.807, 2.05) is 25.1 Å². The van der Waals surface area contributed by atoms with Crippen molar-refractivity contribution in [3.05, 3.63) is 71.8 Å². The van der Waals surface area contributed by atoms with Crippen LogP contribution in [0.2, 0.25) is 0 Å². The zero-order valence-electron chi connectivity index (χ0n) is 16.5. The van der Waals surface area contributed by atoms with Gasteiger partial charge in [0.15, 0.2) is 0 Å². The van der Waals surface area contributed by atoms with Crippen LogP contribution in [-0.4, -0.2) is 22.1 Å². The SMILES string of the molecule is C=C/C=C\C(=C/C)CSc1nc(N)c(C#N)c(-c2ccc(OC(O)(F)F)cc2)c1C#N. The number of nitriles is 2. The van der Waals surface area contributed by atoms with Crippen LogP contribution in [0.25, 0.3) is 11.1 Å². The zero-order chi connectivity index (χ0) is 23.0. The van der Waals surface area contributed by atoms with Crippen molar-refractivity contribution in [2.45, 2.75) is 18.2 Å². The zero-order valence-corrected chi connectivity index (χ0v) is 17.3. The first-order chi connectivity index (χ1) is 14.7. The Hall–Kier alpha value is -3.66. The molecule has 1 heterocycles. The average Bonchev–Trinajstić information content (AvgIpc) is 2.73. The molecule has 0 unspecified atom stereocenters. The molecular formula is C22H18F2N4O2S. The van der Waals surface area contributed by atoms with E-state index >= 15 is 0 Å². The second-order valence-corrected chi connectivity index (χ2v) is 6.97. The molecule has 0 aliphatic heterocycles. The highest BCUT2D eigenvalue weighted by Crippen LogP contribution is 2.37. The highest BCUT2D eigenvalue weighted by Gasteiger charge is 2.27. The normalized spacial score (nSPS) is 11.7. The van der Waals surface area contributed by atoms with Crippen LogP contribution in [0.15, 0.2) is 65.7 Å². The third-order valence-electron chi connectivity index (χ3n) is 3.99. The fourth-order valence-electron chi connectivity index (χ4n) is 2.59. The Morgan fingerprint density at radius 2 is 1.94 bits per heavy atom. The molecule has 0 bridgehead atoms. The number of alkyl halides is 2. The number of allylic oxidation sites excluding steroid dienone is 4. The number of hydrogen-bond acceptors (Lipinski definition) is 7. The fourth-order valence-corrected chi connectivity index (χ4v) is 3.61. The van der Waals surface area contributed by atoms with E-state index in [1.54, 1.807) is 12.2 Å². The van der Waals surface area contributed by atoms with Gasteiger partial charge < -0.3 is 15.6 Å². The molecule has 2 aromatic rings. The smallest absolute Gasteiger partial charge is 0.410 e. The van der Waals surface area contributed by atoms with Crippen molar-refractivity contribution in [3.8, 4) is 29.0 Å². The Kier molecular flexibility index (Phi) is 7.92. The van der Waals surface area contributed by atoms with Gasteiger partial charge in [-0.05, 0) is 30.2 Å². The number of halogens is 2. The summed E-state index contributed by atoms with van der Waals surface area (Å²) in [5.74, 6) is 0.146. The molecule has 2 rings (SSSR count). The summed E-state index contributed by atoms with van der Waals surface area (Å²) in [6.07, 6.45) is 2.88. The minimum Gasteiger partial charge on any atom is -0.410 e. The maximum Gasteiger partial charge on any atom is 0.532 e. The lowest BCUT2D eigenvalue weighted by Gasteiger charge is -2.14. The molecule has 0 spiro atoms. The highest BCUT2D eigenvalue weighted by atomic mass is 32.2. The van der Waals surface area contributed by atoms with Crippen LogP contribution in [0.3, 0.4) is 0 Å². The van der Waals surface area contributed by atoms with E-state index in [4.69, 9.17) is 10.8 Å². The minimum absolute atomic E-state index is 0.000123. The van der Waals surface area contributed by atoms with Crippen molar-refractivity contribution >= 4 is 17.6 Å². The Labute approximate surface area is 182 Å². The molecule has 0 saturated carbocycles. The summed E-state index contributed by atoms with van der Waals surface area (Å²) >= 11 is 1.27. The molecule has 1 aromatic carbocycles. The number of hydrogen-bond donors (Lipinski definition) is 2. The Morgan fingerprint density at radius 1 is 1.29 bits per heavy atom. The van der Waals surface area contributed by atoms with E-state index in [2.05, 4.69) is 22.4 Å². The van der Waals surface area contributed by atoms with Gasteiger partial charge in [-0.15, -0.1) is 20.5 Å². The number of benzene rings is 1. The van der Waals surface area contributed by atoms with Crippen molar-refractivity contribution in [2.24, 2.45) is 0 Å². The lowest BCUT2D eigenvalue weighted by molar-refractivity contribution is -0.327. The van der Waals surface area contributed by atoms with Crippen LogP contribution in [0, 0.1) is 22.7 Å². The standard InChI is InChI=1S/C22H18F2N4O2S/c1-3-5-6-14(4-2)13-31-21-18(12-26)19(17(11-25)20(27)28-21)15-7-9-16(10-8-15)30-22(23,24)29/h3-10,29H,1,13H2,2H3,(H2,27,28)/b6-5-,14-4+. The van der Waals surface area contributed by atoms with E-state index in [9.17, 15) is 19.3 Å². The van der Waals surface area contributed by atoms with Gasteiger partial charge in [-0.2, -0.15) is 10.5 Å². The van der Waals surface area contributed by atoms with Crippen molar-refractivity contribution in [1.29, 1.82) is 10.5 Å². The third kappa shape index (κ3) is 6.16. The second kappa shape index (κ2) is 10.4. The fraction of sp³-hybridized carbons (Fsp3) is 0.136. The first-order valence-electron chi connectivity index (χ1n) is 8.84. The summed E-state index contributed by atoms with van der Waals surface area (Å²) in [5, 5.41) is 28.2. The molecule has 6 nitrogen and oxygen atoms in total. The summed E-state index contributed by atoms with van der Waals surface area (Å²) in [5.41, 5.74) is 7.70. The first kappa shape index (κ1) is 23.6. The van der Waals surface area contributed by atoms with Gasteiger partial charge in [0.1, 0.15) is 34.3 Å². The lowest BCUT2D eigenvalue weighted by atomic mass is 9.97. The number of pyridine rings is 1. The van der Waals surface area contributed by atoms with Crippen LogP contribution >= 0.6 is 11.8 Å². The van der Waals surface area contributed by atoms with E-state index in [0.717, 1.165) is 5.57 Å². The summed E-state index contributed by atoms with van der Waals surface area (Å²) in [6.45, 7) is 5.50. The average molecular weight is 440 g/mol. The van der Waals surface area contributed by atoms with Crippen molar-refractivity contribution in [3.63, 3.8) is 0 Å². The van der Waals surface area contributed by atoms with Gasteiger partial charge in [0.05, 0.1) is 5.56 Å². The molecule has 0 fully saturated rings. The Balaban J connectivity index is 2.52. The van der Waals surface area contributed by atoms with Gasteiger partial charge in [0, 0.05) is 11.3 Å². The van der Waals surface area contributed by atoms with Crippen molar-refractivity contribution in [2.75, 3.05) is 11.5 Å². The van der Waals surface area contributed by atoms with Crippen molar-refractivity contribution in [1.82, 2.24) is 4.98 Å². The largest absolute Gasteiger partial charge is 0.532 e. The maximum absolute atomic E-state index is 12.6. The van der Waals surface area contributed by atoms with Crippen LogP contribution in [0.1, 0.15) is 18.1 Å². The minimum atomic E-state index is -4.33. The molecule has 0 aliphatic carbocycles. The summed E-state index contributed by atoms with van der Waals surface area (Å²) in [7, 11) is 0. The third-order valence-corrected chi connectivity index (χ3v) is 5.04. The predicted molar refractivity (Wildman–Crippen MR) is 115 cm³/mol. The van der Waals surface area contributed by atoms with Crippen LogP contribution in [0.4, 0.5) is 14.6 Å². The molecular weight excluding hydrogens is 422 g/mol. The number of nitrogens with two attached hydrogens (primary N) is 1. The number of nitrogen functional groups attached to an aromatic ring is 1. The second-order valence-electron chi connectivity index (χ2n) is 6.01. The van der Waals surface area contributed by atoms with Crippen molar-refractivity contribution < 1.29 is 18.6 Å². The summed E-state index contributed by atoms with van der Waals surface area (Å²) < 4.78 is 29.4. The molecule has 0 atom stereocenters. The number of nitrogens with zero attached hydrogens (tertiary/aromatic N) is 3. The monoisotopic (exact) mass is 440 g/mol. The van der Waals surface area contributed by atoms with Gasteiger partial charge in [0.25, 0.3) is 0 Å². The van der Waals surface area contributed by atoms with E-state index in [-0.39, 0.29) is 28.3 Å². The number of aliphatic hydroxyl groups is 1. The Bertz CT molecular complexity index is 1110. The number of anilines is 1. The molecule has 3 N–H and O–H groups in total. The first-order valence-corrected chi connectivity index (χ1v) is 9.83. The molecule has 0 amide bonds. The molecule has 0 aliphatic rings. The van der Waals surface area contributed by atoms with Gasteiger partial charge >= 0.3 is 6.29 Å². The predicted octanol–water partition coefficient (Wildman–Crippen LogP) is 4.78. The highest BCUT2D eigenvalue weighted by molar-refractivity contribution is 7.99. The van der Waals surface area contributed by atoms with Gasteiger partial charge in [-0.25, -0.2) is 4.98 Å². The molecule has 158 valence electrons. The number of rotatable bonds is 8. The van der Waals surface area contributed by atoms with Gasteiger partial charge in [-0.1, -0.05) is 43.0 Å². The number of thioether (sulfide) groups is 1. The summed E-state index contributed by atoms with van der Waals surface area (Å²) in [6, 6.07) is 9.15. The Morgan fingerprint density at radius 3 is 2.45 bits per heavy atom. The van der Waals surface area contributed by atoms with E-state index in [1.165, 1.54) is 36.0 Å². The molecule has 9 heteroatoms. The van der Waals surface area contributed by atoms with E-state index < -0.39 is 6.29 Å². The lowest BCUT2D eigenvalue weighted by Crippen LogP contribution is -2.23. The maximum atomic E-state index is 12.6. The van der Waals surface area contributed by atoms with E-state index in [0.29, 0.717) is 16.3 Å². The molecule has 0 radical (unpaired) electrons. The van der Waals surface area contributed by atoms with Gasteiger partial charge in [-0.3, -0.25) is 0 Å². The number of ether oxygens (including phenoxy) is 1. The van der Waals surface area contributed by atoms with Crippen LogP contribution in [0.5, 0.6) is 5.75 Å². The molecule has 31 heavy (non-hydrogen) atoms. The van der Waals surface area contributed by atoms with Crippen LogP contribution < -0.4 is 10.5 Å². The number of aromatic nitrogens is 1. The van der Waals surface area contributed by atoms with Crippen LogP contribution in [-0.2, 0) is 0 Å².